The van der Waals surface area contributed by atoms with Crippen LogP contribution in [-0.2, 0) is 19.1 Å². The molecule has 0 radical (unpaired) electrons. The normalized spacial score (nSPS) is 35.7. The number of Topliss-reactive ketones (excluding diaryl/α,β-unsaturated/α-hetero) is 1. The third-order valence-electron chi connectivity index (χ3n) is 5.09. The molecule has 0 heterocycles. The molecule has 21 heavy (non-hydrogen) atoms. The number of allylic oxidation sites excluding steroid dienone is 2. The van der Waals surface area contributed by atoms with E-state index >= 15 is 0 Å². The predicted octanol–water partition coefficient (Wildman–Crippen LogP) is 3.11. The van der Waals surface area contributed by atoms with E-state index in [9.17, 15) is 9.59 Å². The smallest absolute Gasteiger partial charge is 0.309 e. The van der Waals surface area contributed by atoms with Gasteiger partial charge in [-0.25, -0.2) is 0 Å². The molecule has 2 bridgehead atoms. The molecule has 4 nitrogen and oxygen atoms in total. The van der Waals surface area contributed by atoms with Gasteiger partial charge in [-0.05, 0) is 39.5 Å². The van der Waals surface area contributed by atoms with Crippen LogP contribution in [0.25, 0.3) is 0 Å². The second kappa shape index (κ2) is 5.82. The van der Waals surface area contributed by atoms with Crippen molar-refractivity contribution in [1.29, 1.82) is 0 Å². The molecule has 1 saturated carbocycles. The fourth-order valence-corrected chi connectivity index (χ4v) is 3.98. The lowest BCUT2D eigenvalue weighted by Gasteiger charge is -2.48. The molecule has 118 valence electrons. The zero-order valence-electron chi connectivity index (χ0n) is 13.7. The minimum atomic E-state index is -0.459. The van der Waals surface area contributed by atoms with Gasteiger partial charge in [0.25, 0.3) is 0 Å². The molecule has 2 aliphatic carbocycles. The Balaban J connectivity index is 2.39. The zero-order chi connectivity index (χ0) is 15.8. The zero-order valence-corrected chi connectivity index (χ0v) is 13.7. The van der Waals surface area contributed by atoms with Crippen molar-refractivity contribution in [3.05, 3.63) is 11.3 Å². The molecule has 1 fully saturated rings. The third kappa shape index (κ3) is 2.60. The predicted molar refractivity (Wildman–Crippen MR) is 79.5 cm³/mol. The average molecular weight is 294 g/mol. The number of hydrogen-bond acceptors (Lipinski definition) is 4. The van der Waals surface area contributed by atoms with Gasteiger partial charge >= 0.3 is 5.97 Å². The van der Waals surface area contributed by atoms with Crippen molar-refractivity contribution in [2.45, 2.75) is 47.5 Å². The van der Waals surface area contributed by atoms with E-state index < -0.39 is 5.41 Å². The maximum Gasteiger partial charge on any atom is 0.309 e. The highest BCUT2D eigenvalue weighted by atomic mass is 16.5. The quantitative estimate of drug-likeness (QED) is 0.748. The molecular weight excluding hydrogens is 268 g/mol. The Kier molecular flexibility index (Phi) is 4.45. The molecule has 0 saturated heterocycles. The van der Waals surface area contributed by atoms with Crippen molar-refractivity contribution in [2.75, 3.05) is 13.2 Å². The first-order valence-electron chi connectivity index (χ1n) is 7.90. The number of carbonyl (C=O) groups is 2. The largest absolute Gasteiger partial charge is 0.498 e. The molecule has 0 spiro atoms. The van der Waals surface area contributed by atoms with Gasteiger partial charge in [0.1, 0.15) is 5.76 Å². The lowest BCUT2D eigenvalue weighted by atomic mass is 9.55. The first-order chi connectivity index (χ1) is 9.85. The van der Waals surface area contributed by atoms with E-state index in [1.165, 1.54) is 0 Å². The highest BCUT2D eigenvalue weighted by molar-refractivity contribution is 6.01. The van der Waals surface area contributed by atoms with E-state index in [2.05, 4.69) is 6.92 Å². The van der Waals surface area contributed by atoms with E-state index in [0.29, 0.717) is 19.6 Å². The number of fused-ring (bicyclic) bond motifs is 2. The molecule has 0 aromatic heterocycles. The minimum Gasteiger partial charge on any atom is -0.498 e. The molecule has 0 amide bonds. The van der Waals surface area contributed by atoms with E-state index in [0.717, 1.165) is 17.8 Å². The molecule has 0 aliphatic heterocycles. The second-order valence-corrected chi connectivity index (χ2v) is 6.54. The van der Waals surface area contributed by atoms with Crippen molar-refractivity contribution >= 4 is 11.8 Å². The van der Waals surface area contributed by atoms with Crippen LogP contribution in [0.15, 0.2) is 11.3 Å². The molecule has 0 N–H and O–H groups in total. The fraction of sp³-hybridized carbons (Fsp3) is 0.765. The Morgan fingerprint density at radius 1 is 1.29 bits per heavy atom. The lowest BCUT2D eigenvalue weighted by Crippen LogP contribution is -2.49. The summed E-state index contributed by atoms with van der Waals surface area (Å²) in [6, 6.07) is 0. The Hall–Kier alpha value is -1.32. The van der Waals surface area contributed by atoms with E-state index in [1.54, 1.807) is 0 Å². The molecule has 2 aliphatic rings. The second-order valence-electron chi connectivity index (χ2n) is 6.54. The van der Waals surface area contributed by atoms with Gasteiger partial charge in [0.05, 0.1) is 19.1 Å². The maximum absolute atomic E-state index is 12.7. The molecule has 2 unspecified atom stereocenters. The standard InChI is InChI=1S/C17H26O4/c1-6-20-14-11(4)15(18)17(5)8-12(14)10(3)13(9-17)16(19)21-7-2/h10,12-13H,6-9H2,1-5H3/t10?,12-,13?,17+/m1/s1. The van der Waals surface area contributed by atoms with Crippen LogP contribution >= 0.6 is 0 Å². The lowest BCUT2D eigenvalue weighted by molar-refractivity contribution is -0.156. The van der Waals surface area contributed by atoms with Crippen LogP contribution in [0.4, 0.5) is 0 Å². The van der Waals surface area contributed by atoms with Crippen molar-refractivity contribution in [3.63, 3.8) is 0 Å². The van der Waals surface area contributed by atoms with Gasteiger partial charge in [-0.3, -0.25) is 9.59 Å². The third-order valence-corrected chi connectivity index (χ3v) is 5.09. The van der Waals surface area contributed by atoms with Crippen LogP contribution in [0, 0.1) is 23.2 Å². The van der Waals surface area contributed by atoms with Gasteiger partial charge in [-0.2, -0.15) is 0 Å². The van der Waals surface area contributed by atoms with Gasteiger partial charge in [0.2, 0.25) is 0 Å². The van der Waals surface area contributed by atoms with Crippen LogP contribution in [0.1, 0.15) is 47.5 Å². The van der Waals surface area contributed by atoms with Crippen LogP contribution in [0.3, 0.4) is 0 Å². The van der Waals surface area contributed by atoms with E-state index in [-0.39, 0.29) is 29.5 Å². The summed E-state index contributed by atoms with van der Waals surface area (Å²) in [6.07, 6.45) is 1.36. The highest BCUT2D eigenvalue weighted by Gasteiger charge is 2.54. The highest BCUT2D eigenvalue weighted by Crippen LogP contribution is 2.53. The molecule has 4 atom stereocenters. The van der Waals surface area contributed by atoms with Crippen LogP contribution < -0.4 is 0 Å². The van der Waals surface area contributed by atoms with Crippen molar-refractivity contribution in [1.82, 2.24) is 0 Å². The van der Waals surface area contributed by atoms with Gasteiger partial charge in [0.15, 0.2) is 5.78 Å². The van der Waals surface area contributed by atoms with E-state index in [4.69, 9.17) is 9.47 Å². The fourth-order valence-electron chi connectivity index (χ4n) is 3.98. The molecule has 0 aromatic carbocycles. The SMILES string of the molecule is CCOC(=O)C1C[C@]2(C)C[C@@H](C(OCC)=C(C)C2=O)C1C. The van der Waals surface area contributed by atoms with Crippen molar-refractivity contribution < 1.29 is 19.1 Å². The summed E-state index contributed by atoms with van der Waals surface area (Å²) in [5.41, 5.74) is 0.281. The summed E-state index contributed by atoms with van der Waals surface area (Å²) in [5.74, 6) is 0.799. The number of carbonyl (C=O) groups excluding carboxylic acids is 2. The number of ketones is 1. The Morgan fingerprint density at radius 3 is 2.52 bits per heavy atom. The Morgan fingerprint density at radius 2 is 1.95 bits per heavy atom. The summed E-state index contributed by atoms with van der Waals surface area (Å²) < 4.78 is 11.0. The van der Waals surface area contributed by atoms with Crippen LogP contribution in [0.2, 0.25) is 0 Å². The number of esters is 1. The van der Waals surface area contributed by atoms with Gasteiger partial charge in [-0.15, -0.1) is 0 Å². The van der Waals surface area contributed by atoms with Crippen molar-refractivity contribution in [2.24, 2.45) is 23.2 Å². The summed E-state index contributed by atoms with van der Waals surface area (Å²) in [7, 11) is 0. The first kappa shape index (κ1) is 16.1. The molecule has 2 rings (SSSR count). The summed E-state index contributed by atoms with van der Waals surface area (Å²) in [4.78, 5) is 24.9. The van der Waals surface area contributed by atoms with Gasteiger partial charge in [-0.1, -0.05) is 13.8 Å². The number of ether oxygens (including phenoxy) is 2. The summed E-state index contributed by atoms with van der Waals surface area (Å²) >= 11 is 0. The molecule has 4 heteroatoms. The maximum atomic E-state index is 12.7. The van der Waals surface area contributed by atoms with Crippen LogP contribution in [0.5, 0.6) is 0 Å². The van der Waals surface area contributed by atoms with Gasteiger partial charge < -0.3 is 9.47 Å². The summed E-state index contributed by atoms with van der Waals surface area (Å²) in [6.45, 7) is 10.6. The Labute approximate surface area is 126 Å². The average Bonchev–Trinajstić information content (AvgIpc) is 2.45. The molecule has 0 aromatic rings. The van der Waals surface area contributed by atoms with Crippen molar-refractivity contribution in [3.8, 4) is 0 Å². The Bertz CT molecular complexity index is 479. The minimum absolute atomic E-state index is 0.128. The summed E-state index contributed by atoms with van der Waals surface area (Å²) in [5, 5.41) is 0. The van der Waals surface area contributed by atoms with Crippen LogP contribution in [-0.4, -0.2) is 25.0 Å². The topological polar surface area (TPSA) is 52.6 Å². The van der Waals surface area contributed by atoms with Gasteiger partial charge in [0, 0.05) is 16.9 Å². The molecular formula is C17H26O4. The monoisotopic (exact) mass is 294 g/mol. The number of hydrogen-bond donors (Lipinski definition) is 0. The van der Waals surface area contributed by atoms with E-state index in [1.807, 2.05) is 27.7 Å². The number of rotatable bonds is 4. The first-order valence-corrected chi connectivity index (χ1v) is 7.90.